The number of hydrogen-bond donors (Lipinski definition) is 1. The zero-order chi connectivity index (χ0) is 21.1. The van der Waals surface area contributed by atoms with Crippen molar-refractivity contribution in [3.05, 3.63) is 88.4 Å². The fourth-order valence-electron chi connectivity index (χ4n) is 4.57. The summed E-state index contributed by atoms with van der Waals surface area (Å²) < 4.78 is 0. The van der Waals surface area contributed by atoms with Crippen LogP contribution in [-0.4, -0.2) is 24.1 Å². The van der Waals surface area contributed by atoms with Gasteiger partial charge >= 0.3 is 0 Å². The van der Waals surface area contributed by atoms with Crippen LogP contribution in [-0.2, 0) is 4.84 Å². The normalized spacial score (nSPS) is 26.4. The molecule has 3 aliphatic rings. The Bertz CT molecular complexity index is 1170. The third kappa shape index (κ3) is 2.95. The Morgan fingerprint density at radius 2 is 1.55 bits per heavy atom. The van der Waals surface area contributed by atoms with Crippen molar-refractivity contribution in [1.82, 2.24) is 5.59 Å². The maximum absolute atomic E-state index is 12.9. The molecule has 6 rings (SSSR count). The van der Waals surface area contributed by atoms with Crippen LogP contribution >= 0.6 is 23.2 Å². The average molecular weight is 452 g/mol. The van der Waals surface area contributed by atoms with E-state index in [1.165, 1.54) is 0 Å². The summed E-state index contributed by atoms with van der Waals surface area (Å²) in [6.45, 7) is 0. The van der Waals surface area contributed by atoms with Gasteiger partial charge in [0.2, 0.25) is 0 Å². The molecule has 31 heavy (non-hydrogen) atoms. The molecule has 2 fully saturated rings. The molecule has 8 heteroatoms. The standard InChI is InChI=1S/C23H17Cl2N4O2/c24-14-9-6-10-15(25)18(14)20-21-19(26-16-11-4-5-12-17(16)28(20)21)22-23(30)31-27-29(22)13-7-2-1-3-8-13/h1-12,20-23,27H/q-1. The van der Waals surface area contributed by atoms with Crippen LogP contribution in [0, 0.1) is 0 Å². The molecule has 6 nitrogen and oxygen atoms in total. The minimum absolute atomic E-state index is 0.103. The molecule has 156 valence electrons. The molecule has 3 aromatic carbocycles. The number of hydrogen-bond acceptors (Lipinski definition) is 6. The summed E-state index contributed by atoms with van der Waals surface area (Å²) in [7, 11) is 0. The van der Waals surface area contributed by atoms with Gasteiger partial charge in [0, 0.05) is 21.9 Å². The lowest BCUT2D eigenvalue weighted by Crippen LogP contribution is -2.51. The molecule has 3 heterocycles. The summed E-state index contributed by atoms with van der Waals surface area (Å²) in [6.07, 6.45) is -1.34. The number of rotatable bonds is 3. The van der Waals surface area contributed by atoms with Crippen molar-refractivity contribution in [2.45, 2.75) is 24.4 Å². The van der Waals surface area contributed by atoms with Crippen LogP contribution in [0.5, 0.6) is 0 Å². The quantitative estimate of drug-likeness (QED) is 0.609. The largest absolute Gasteiger partial charge is 0.828 e. The van der Waals surface area contributed by atoms with E-state index in [1.54, 1.807) is 5.01 Å². The SMILES string of the molecule is [O-]C1ONN(c2ccccc2)C1C1=Nc2ccccc2N2C1C2c1c(Cl)cccc1Cl. The molecule has 3 aliphatic heterocycles. The Labute approximate surface area is 189 Å². The highest BCUT2D eigenvalue weighted by molar-refractivity contribution is 6.36. The van der Waals surface area contributed by atoms with E-state index in [0.717, 1.165) is 28.3 Å². The van der Waals surface area contributed by atoms with Crippen LogP contribution in [0.3, 0.4) is 0 Å². The summed E-state index contributed by atoms with van der Waals surface area (Å²) >= 11 is 13.1. The van der Waals surface area contributed by atoms with E-state index in [4.69, 9.17) is 33.0 Å². The van der Waals surface area contributed by atoms with Crippen LogP contribution in [0.25, 0.3) is 0 Å². The van der Waals surface area contributed by atoms with Gasteiger partial charge in [-0.15, -0.1) is 5.59 Å². The first-order valence-electron chi connectivity index (χ1n) is 9.96. The summed E-state index contributed by atoms with van der Waals surface area (Å²) in [4.78, 5) is 12.5. The summed E-state index contributed by atoms with van der Waals surface area (Å²) in [5.74, 6) is 0. The molecule has 0 aliphatic carbocycles. The zero-order valence-corrected chi connectivity index (χ0v) is 17.7. The van der Waals surface area contributed by atoms with E-state index < -0.39 is 12.3 Å². The summed E-state index contributed by atoms with van der Waals surface area (Å²) in [6, 6.07) is 22.1. The molecule has 3 aromatic rings. The second kappa shape index (κ2) is 7.22. The molecular formula is C23H17Cl2N4O2-. The maximum atomic E-state index is 12.9. The van der Waals surface area contributed by atoms with Gasteiger partial charge in [0.15, 0.2) is 0 Å². The van der Waals surface area contributed by atoms with Crippen LogP contribution < -0.4 is 20.6 Å². The van der Waals surface area contributed by atoms with E-state index in [-0.39, 0.29) is 12.1 Å². The molecule has 0 aromatic heterocycles. The second-order valence-electron chi connectivity index (χ2n) is 7.69. The number of fused-ring (bicyclic) bond motifs is 3. The van der Waals surface area contributed by atoms with Gasteiger partial charge in [-0.2, -0.15) is 0 Å². The Balaban J connectivity index is 1.48. The monoisotopic (exact) mass is 451 g/mol. The number of benzene rings is 3. The van der Waals surface area contributed by atoms with E-state index >= 15 is 0 Å². The first-order valence-corrected chi connectivity index (χ1v) is 10.7. The predicted molar refractivity (Wildman–Crippen MR) is 120 cm³/mol. The van der Waals surface area contributed by atoms with Gasteiger partial charge < -0.3 is 10.0 Å². The number of para-hydroxylation sites is 3. The van der Waals surface area contributed by atoms with Crippen molar-refractivity contribution >= 4 is 46.0 Å². The topological polar surface area (TPSA) is 62.9 Å². The Hall–Kier alpha value is -2.61. The molecule has 0 saturated carbocycles. The molecule has 0 spiro atoms. The lowest BCUT2D eigenvalue weighted by Gasteiger charge is -2.31. The van der Waals surface area contributed by atoms with Crippen molar-refractivity contribution in [2.24, 2.45) is 4.99 Å². The van der Waals surface area contributed by atoms with E-state index in [2.05, 4.69) is 10.5 Å². The smallest absolute Gasteiger partial charge is 0.101 e. The highest BCUT2D eigenvalue weighted by Crippen LogP contribution is 2.57. The summed E-state index contributed by atoms with van der Waals surface area (Å²) in [5, 5.41) is 15.9. The fraction of sp³-hybridized carbons (Fsp3) is 0.174. The molecule has 0 radical (unpaired) electrons. The lowest BCUT2D eigenvalue weighted by atomic mass is 10.0. The van der Waals surface area contributed by atoms with Crippen LogP contribution in [0.2, 0.25) is 10.0 Å². The molecule has 1 N–H and O–H groups in total. The predicted octanol–water partition coefficient (Wildman–Crippen LogP) is 4.02. The van der Waals surface area contributed by atoms with E-state index in [0.29, 0.717) is 10.0 Å². The third-order valence-electron chi connectivity index (χ3n) is 5.96. The number of nitrogens with zero attached hydrogens (tertiary/aromatic N) is 3. The van der Waals surface area contributed by atoms with Crippen molar-refractivity contribution in [3.63, 3.8) is 0 Å². The molecular weight excluding hydrogens is 435 g/mol. The number of halogens is 2. The molecule has 0 amide bonds. The van der Waals surface area contributed by atoms with Crippen molar-refractivity contribution in [1.29, 1.82) is 0 Å². The molecule has 2 saturated heterocycles. The van der Waals surface area contributed by atoms with E-state index in [1.807, 2.05) is 72.8 Å². The van der Waals surface area contributed by atoms with Crippen molar-refractivity contribution < 1.29 is 9.94 Å². The Morgan fingerprint density at radius 1 is 0.839 bits per heavy atom. The van der Waals surface area contributed by atoms with Crippen molar-refractivity contribution in [3.8, 4) is 0 Å². The first kappa shape index (κ1) is 19.1. The van der Waals surface area contributed by atoms with Gasteiger partial charge in [0.05, 0.1) is 34.9 Å². The van der Waals surface area contributed by atoms with Gasteiger partial charge in [-0.1, -0.05) is 59.6 Å². The fourth-order valence-corrected chi connectivity index (χ4v) is 5.20. The number of anilines is 2. The van der Waals surface area contributed by atoms with Gasteiger partial charge in [0.25, 0.3) is 0 Å². The summed E-state index contributed by atoms with van der Waals surface area (Å²) in [5.41, 5.74) is 6.99. The molecule has 4 unspecified atom stereocenters. The highest BCUT2D eigenvalue weighted by Gasteiger charge is 2.58. The Morgan fingerprint density at radius 3 is 2.32 bits per heavy atom. The van der Waals surface area contributed by atoms with Gasteiger partial charge in [-0.3, -0.25) is 14.8 Å². The van der Waals surface area contributed by atoms with Crippen molar-refractivity contribution in [2.75, 3.05) is 9.91 Å². The van der Waals surface area contributed by atoms with Gasteiger partial charge in [-0.25, -0.2) is 0 Å². The Kier molecular flexibility index (Phi) is 4.45. The van der Waals surface area contributed by atoms with Gasteiger partial charge in [-0.05, 0) is 36.4 Å². The van der Waals surface area contributed by atoms with Gasteiger partial charge in [0.1, 0.15) is 6.04 Å². The second-order valence-corrected chi connectivity index (χ2v) is 8.50. The molecule has 0 bridgehead atoms. The molecule has 4 atom stereocenters. The third-order valence-corrected chi connectivity index (χ3v) is 6.62. The number of nitrogens with one attached hydrogen (secondary N) is 1. The maximum Gasteiger partial charge on any atom is 0.101 e. The average Bonchev–Trinajstić information content (AvgIpc) is 3.40. The minimum atomic E-state index is -1.34. The number of hydrazine groups is 1. The highest BCUT2D eigenvalue weighted by atomic mass is 35.5. The van der Waals surface area contributed by atoms with E-state index in [9.17, 15) is 5.11 Å². The minimum Gasteiger partial charge on any atom is -0.828 e. The first-order chi connectivity index (χ1) is 15.1. The van der Waals surface area contributed by atoms with Crippen LogP contribution in [0.1, 0.15) is 11.6 Å². The van der Waals surface area contributed by atoms with Crippen LogP contribution in [0.4, 0.5) is 17.1 Å². The zero-order valence-electron chi connectivity index (χ0n) is 16.2. The van der Waals surface area contributed by atoms with Crippen LogP contribution in [0.15, 0.2) is 77.8 Å². The lowest BCUT2D eigenvalue weighted by molar-refractivity contribution is -0.487. The number of aliphatic imine (C=N–C) groups is 1.